The van der Waals surface area contributed by atoms with E-state index < -0.39 is 0 Å². The van der Waals surface area contributed by atoms with Crippen LogP contribution in [0.5, 0.6) is 0 Å². The Labute approximate surface area is 88.9 Å². The monoisotopic (exact) mass is 283 g/mol. The smallest absolute Gasteiger partial charge is 0.138 e. The molecule has 0 bridgehead atoms. The molecule has 2 aromatic rings. The van der Waals surface area contributed by atoms with Crippen molar-refractivity contribution in [2.45, 2.75) is 6.92 Å². The topological polar surface area (TPSA) is 52.5 Å². The highest BCUT2D eigenvalue weighted by molar-refractivity contribution is 14.1. The van der Waals surface area contributed by atoms with Gasteiger partial charge in [0.15, 0.2) is 0 Å². The second-order valence-corrected chi connectivity index (χ2v) is 3.93. The summed E-state index contributed by atoms with van der Waals surface area (Å²) in [6.45, 7) is 1.84. The molecule has 0 unspecified atom stereocenters. The van der Waals surface area contributed by atoms with Crippen LogP contribution in [0.2, 0.25) is 0 Å². The van der Waals surface area contributed by atoms with Crippen LogP contribution in [0.15, 0.2) is 12.3 Å². The zero-order valence-electron chi connectivity index (χ0n) is 6.93. The Morgan fingerprint density at radius 1 is 1.62 bits per heavy atom. The zero-order chi connectivity index (χ0) is 9.42. The molecular weight excluding hydrogens is 277 g/mol. The molecule has 64 valence electrons. The average Bonchev–Trinajstić information content (AvgIpc) is 2.46. The van der Waals surface area contributed by atoms with Gasteiger partial charge in [0.1, 0.15) is 11.7 Å². The van der Waals surface area contributed by atoms with E-state index in [2.05, 4.69) is 38.6 Å². The van der Waals surface area contributed by atoms with E-state index in [1.807, 2.05) is 19.2 Å². The zero-order valence-corrected chi connectivity index (χ0v) is 9.08. The van der Waals surface area contributed by atoms with Gasteiger partial charge in [-0.3, -0.25) is 0 Å². The van der Waals surface area contributed by atoms with Crippen LogP contribution in [0.1, 0.15) is 11.3 Å². The minimum absolute atomic E-state index is 0.644. The number of hydrogen-bond donors (Lipinski definition) is 1. The first-order chi connectivity index (χ1) is 6.22. The van der Waals surface area contributed by atoms with Crippen molar-refractivity contribution in [3.8, 4) is 6.07 Å². The van der Waals surface area contributed by atoms with Gasteiger partial charge in [-0.2, -0.15) is 5.26 Å². The third kappa shape index (κ3) is 1.29. The van der Waals surface area contributed by atoms with E-state index in [4.69, 9.17) is 5.26 Å². The maximum Gasteiger partial charge on any atom is 0.138 e. The fourth-order valence-electron chi connectivity index (χ4n) is 1.22. The van der Waals surface area contributed by atoms with E-state index in [0.29, 0.717) is 5.56 Å². The van der Waals surface area contributed by atoms with E-state index in [1.165, 1.54) is 0 Å². The molecule has 0 radical (unpaired) electrons. The lowest BCUT2D eigenvalue weighted by Gasteiger charge is -1.96. The van der Waals surface area contributed by atoms with Crippen molar-refractivity contribution in [1.82, 2.24) is 9.97 Å². The summed E-state index contributed by atoms with van der Waals surface area (Å²) in [6, 6.07) is 4.00. The molecule has 0 aliphatic carbocycles. The first-order valence-electron chi connectivity index (χ1n) is 3.76. The second kappa shape index (κ2) is 3.00. The molecule has 0 saturated heterocycles. The lowest BCUT2D eigenvalue weighted by Crippen LogP contribution is -1.88. The molecule has 13 heavy (non-hydrogen) atoms. The maximum absolute atomic E-state index is 8.80. The lowest BCUT2D eigenvalue weighted by molar-refractivity contribution is 1.20. The molecule has 0 aliphatic heterocycles. The van der Waals surface area contributed by atoms with E-state index in [-0.39, 0.29) is 0 Å². The number of rotatable bonds is 0. The summed E-state index contributed by atoms with van der Waals surface area (Å²) >= 11 is 2.22. The number of aryl methyl sites for hydroxylation is 1. The van der Waals surface area contributed by atoms with Crippen molar-refractivity contribution in [3.63, 3.8) is 0 Å². The number of pyridine rings is 1. The summed E-state index contributed by atoms with van der Waals surface area (Å²) in [7, 11) is 0. The first-order valence-corrected chi connectivity index (χ1v) is 4.84. The van der Waals surface area contributed by atoms with Gasteiger partial charge >= 0.3 is 0 Å². The highest BCUT2D eigenvalue weighted by Crippen LogP contribution is 2.20. The third-order valence-electron chi connectivity index (χ3n) is 1.93. The number of nitrogens with zero attached hydrogens (tertiary/aromatic N) is 2. The van der Waals surface area contributed by atoms with Crippen molar-refractivity contribution < 1.29 is 0 Å². The van der Waals surface area contributed by atoms with Gasteiger partial charge in [0.2, 0.25) is 0 Å². The normalized spacial score (nSPS) is 10.2. The largest absolute Gasteiger partial charge is 0.345 e. The van der Waals surface area contributed by atoms with Gasteiger partial charge in [-0.1, -0.05) is 0 Å². The predicted octanol–water partition coefficient (Wildman–Crippen LogP) is 2.35. The Morgan fingerprint density at radius 3 is 3.08 bits per heavy atom. The van der Waals surface area contributed by atoms with Crippen LogP contribution in [0, 0.1) is 21.8 Å². The van der Waals surface area contributed by atoms with E-state index >= 15 is 0 Å². The molecule has 2 rings (SSSR count). The van der Waals surface area contributed by atoms with Crippen molar-refractivity contribution in [3.05, 3.63) is 27.1 Å². The van der Waals surface area contributed by atoms with Gasteiger partial charge in [0.25, 0.3) is 0 Å². The lowest BCUT2D eigenvalue weighted by atomic mass is 10.2. The fraction of sp³-hybridized carbons (Fsp3) is 0.111. The van der Waals surface area contributed by atoms with Crippen molar-refractivity contribution in [1.29, 1.82) is 5.26 Å². The number of H-pyrrole nitrogens is 1. The Kier molecular flexibility index (Phi) is 1.96. The Hall–Kier alpha value is -1.09. The quantitative estimate of drug-likeness (QED) is 0.754. The molecule has 0 aliphatic rings. The number of aromatic amines is 1. The molecule has 2 heterocycles. The van der Waals surface area contributed by atoms with Gasteiger partial charge < -0.3 is 4.98 Å². The van der Waals surface area contributed by atoms with E-state index in [9.17, 15) is 0 Å². The van der Waals surface area contributed by atoms with E-state index in [0.717, 1.165) is 20.3 Å². The Balaban J connectivity index is 2.86. The van der Waals surface area contributed by atoms with Crippen LogP contribution >= 0.6 is 22.6 Å². The molecule has 1 N–H and O–H groups in total. The molecule has 0 saturated carbocycles. The summed E-state index contributed by atoms with van der Waals surface area (Å²) in [5.74, 6) is 0. The number of aromatic nitrogens is 2. The molecule has 3 nitrogen and oxygen atoms in total. The number of halogens is 1. The highest BCUT2D eigenvalue weighted by atomic mass is 127. The van der Waals surface area contributed by atoms with Gasteiger partial charge in [-0.25, -0.2) is 4.98 Å². The van der Waals surface area contributed by atoms with Crippen molar-refractivity contribution in [2.75, 3.05) is 0 Å². The molecule has 0 aromatic carbocycles. The summed E-state index contributed by atoms with van der Waals surface area (Å²) in [5.41, 5.74) is 2.26. The molecule has 2 aromatic heterocycles. The number of hydrogen-bond acceptors (Lipinski definition) is 2. The summed E-state index contributed by atoms with van der Waals surface area (Å²) in [6.07, 6.45) is 1.89. The fourth-order valence-corrected chi connectivity index (χ4v) is 1.79. The third-order valence-corrected chi connectivity index (χ3v) is 2.82. The van der Waals surface area contributed by atoms with E-state index in [1.54, 1.807) is 0 Å². The van der Waals surface area contributed by atoms with Crippen LogP contribution in [-0.2, 0) is 0 Å². The average molecular weight is 283 g/mol. The molecule has 0 fully saturated rings. The first kappa shape index (κ1) is 8.51. The molecule has 0 spiro atoms. The Morgan fingerprint density at radius 2 is 2.38 bits per heavy atom. The maximum atomic E-state index is 8.80. The van der Waals surface area contributed by atoms with Crippen LogP contribution < -0.4 is 0 Å². The van der Waals surface area contributed by atoms with Gasteiger partial charge in [0, 0.05) is 15.2 Å². The summed E-state index contributed by atoms with van der Waals surface area (Å²) in [5, 5.41) is 9.82. The SMILES string of the molecule is Cc1nc2[nH]cc(I)c2cc1C#N. The molecule has 4 heteroatoms. The van der Waals surface area contributed by atoms with Gasteiger partial charge in [-0.15, -0.1) is 0 Å². The summed E-state index contributed by atoms with van der Waals surface area (Å²) < 4.78 is 1.09. The Bertz CT molecular complexity index is 507. The van der Waals surface area contributed by atoms with Crippen LogP contribution in [0.3, 0.4) is 0 Å². The minimum atomic E-state index is 0.644. The van der Waals surface area contributed by atoms with Crippen LogP contribution in [0.4, 0.5) is 0 Å². The number of nitrogens with one attached hydrogen (secondary N) is 1. The molecule has 0 atom stereocenters. The minimum Gasteiger partial charge on any atom is -0.345 e. The van der Waals surface area contributed by atoms with Gasteiger partial charge in [-0.05, 0) is 35.6 Å². The summed E-state index contributed by atoms with van der Waals surface area (Å²) in [4.78, 5) is 7.34. The van der Waals surface area contributed by atoms with Crippen molar-refractivity contribution >= 4 is 33.6 Å². The van der Waals surface area contributed by atoms with Crippen LogP contribution in [-0.4, -0.2) is 9.97 Å². The van der Waals surface area contributed by atoms with Crippen molar-refractivity contribution in [2.24, 2.45) is 0 Å². The highest BCUT2D eigenvalue weighted by Gasteiger charge is 2.05. The predicted molar refractivity (Wildman–Crippen MR) is 58.3 cm³/mol. The second-order valence-electron chi connectivity index (χ2n) is 2.77. The van der Waals surface area contributed by atoms with Crippen LogP contribution in [0.25, 0.3) is 11.0 Å². The van der Waals surface area contributed by atoms with Gasteiger partial charge in [0.05, 0.1) is 11.3 Å². The number of fused-ring (bicyclic) bond motifs is 1. The number of nitriles is 1. The standard InChI is InChI=1S/C9H6IN3/c1-5-6(3-11)2-7-8(10)4-12-9(7)13-5/h2,4H,1H3,(H,12,13). The molecule has 0 amide bonds. The molecular formula is C9H6IN3.